The number of carbonyl (C=O) groups is 1. The van der Waals surface area contributed by atoms with Crippen LogP contribution in [-0.4, -0.2) is 69.1 Å². The van der Waals surface area contributed by atoms with Gasteiger partial charge in [0.1, 0.15) is 0 Å². The largest absolute Gasteiger partial charge is 0.354 e. The number of carbonyl (C=O) groups excluding carboxylic acids is 1. The maximum absolute atomic E-state index is 12.4. The second-order valence-electron chi connectivity index (χ2n) is 7.57. The van der Waals surface area contributed by atoms with E-state index in [-0.39, 0.29) is 11.3 Å². The molecule has 7 heteroatoms. The van der Waals surface area contributed by atoms with Crippen LogP contribution in [-0.2, 0) is 20.2 Å². The van der Waals surface area contributed by atoms with Gasteiger partial charge in [-0.3, -0.25) is 9.69 Å². The third kappa shape index (κ3) is 4.64. The Hall–Kier alpha value is -1.44. The van der Waals surface area contributed by atoms with Crippen molar-refractivity contribution in [3.63, 3.8) is 0 Å². The number of benzene rings is 1. The van der Waals surface area contributed by atoms with Gasteiger partial charge in [0.05, 0.1) is 12.8 Å². The lowest BCUT2D eigenvalue weighted by molar-refractivity contribution is -0.122. The average molecular weight is 380 g/mol. The normalized spacial score (nSPS) is 21.6. The molecule has 144 valence electrons. The van der Waals surface area contributed by atoms with Gasteiger partial charge in [-0.15, -0.1) is 0 Å². The van der Waals surface area contributed by atoms with Gasteiger partial charge in [-0.2, -0.15) is 0 Å². The van der Waals surface area contributed by atoms with Crippen molar-refractivity contribution in [2.24, 2.45) is 0 Å². The van der Waals surface area contributed by atoms with Gasteiger partial charge in [-0.05, 0) is 31.4 Å². The lowest BCUT2D eigenvalue weighted by Gasteiger charge is -2.42. The summed E-state index contributed by atoms with van der Waals surface area (Å²) in [5.74, 6) is 0.0278. The quantitative estimate of drug-likeness (QED) is 0.806. The second kappa shape index (κ2) is 8.06. The third-order valence-corrected chi connectivity index (χ3v) is 7.01. The first-order chi connectivity index (χ1) is 12.4. The van der Waals surface area contributed by atoms with Crippen LogP contribution in [0.1, 0.15) is 31.2 Å². The number of rotatable bonds is 6. The van der Waals surface area contributed by atoms with Gasteiger partial charge < -0.3 is 5.32 Å². The number of amides is 1. The molecule has 1 aliphatic heterocycles. The summed E-state index contributed by atoms with van der Waals surface area (Å²) >= 11 is 0. The first-order valence-corrected chi connectivity index (χ1v) is 11.2. The Balaban J connectivity index is 1.50. The molecular weight excluding hydrogens is 350 g/mol. The van der Waals surface area contributed by atoms with Crippen molar-refractivity contribution in [1.82, 2.24) is 14.5 Å². The molecule has 0 bridgehead atoms. The molecule has 1 aromatic carbocycles. The molecule has 3 rings (SSSR count). The molecule has 1 saturated heterocycles. The molecule has 1 heterocycles. The van der Waals surface area contributed by atoms with E-state index in [1.54, 1.807) is 0 Å². The molecule has 0 unspecified atom stereocenters. The molecule has 1 saturated carbocycles. The van der Waals surface area contributed by atoms with Crippen molar-refractivity contribution in [2.75, 3.05) is 45.5 Å². The number of sulfonamides is 1. The predicted molar refractivity (Wildman–Crippen MR) is 102 cm³/mol. The molecule has 0 atom stereocenters. The summed E-state index contributed by atoms with van der Waals surface area (Å²) in [7, 11) is -3.15. The van der Waals surface area contributed by atoms with Crippen LogP contribution in [0.2, 0.25) is 0 Å². The van der Waals surface area contributed by atoms with Crippen molar-refractivity contribution in [2.45, 2.75) is 31.1 Å². The van der Waals surface area contributed by atoms with Crippen LogP contribution in [0.25, 0.3) is 0 Å². The van der Waals surface area contributed by atoms with Crippen molar-refractivity contribution in [3.8, 4) is 0 Å². The zero-order valence-electron chi connectivity index (χ0n) is 15.5. The smallest absolute Gasteiger partial charge is 0.234 e. The van der Waals surface area contributed by atoms with E-state index in [1.165, 1.54) is 22.5 Å². The van der Waals surface area contributed by atoms with E-state index in [1.807, 2.05) is 6.07 Å². The van der Waals surface area contributed by atoms with Crippen LogP contribution in [0.15, 0.2) is 30.3 Å². The van der Waals surface area contributed by atoms with Gasteiger partial charge in [0, 0.05) is 31.6 Å². The third-order valence-electron chi connectivity index (χ3n) is 5.70. The first kappa shape index (κ1) is 19.3. The Kier molecular flexibility index (Phi) is 5.99. The highest BCUT2D eigenvalue weighted by atomic mass is 32.2. The zero-order valence-corrected chi connectivity index (χ0v) is 16.3. The van der Waals surface area contributed by atoms with Crippen LogP contribution < -0.4 is 5.32 Å². The Morgan fingerprint density at radius 1 is 1.08 bits per heavy atom. The molecule has 1 N–H and O–H groups in total. The molecule has 1 amide bonds. The summed E-state index contributed by atoms with van der Waals surface area (Å²) in [6.07, 6.45) is 5.44. The Bertz CT molecular complexity index is 717. The highest BCUT2D eigenvalue weighted by Crippen LogP contribution is 2.43. The van der Waals surface area contributed by atoms with E-state index in [4.69, 9.17) is 0 Å². The first-order valence-electron chi connectivity index (χ1n) is 9.39. The molecule has 2 aliphatic rings. The maximum Gasteiger partial charge on any atom is 0.234 e. The SMILES string of the molecule is CS(=O)(=O)N1CCCN(CC(=O)NCC2(c3ccccc3)CCC2)CC1. The van der Waals surface area contributed by atoms with Gasteiger partial charge in [0.25, 0.3) is 0 Å². The molecule has 1 aromatic rings. The fourth-order valence-electron chi connectivity index (χ4n) is 3.93. The van der Waals surface area contributed by atoms with Crippen LogP contribution in [0, 0.1) is 0 Å². The van der Waals surface area contributed by atoms with E-state index in [2.05, 4.69) is 34.5 Å². The topological polar surface area (TPSA) is 69.7 Å². The fourth-order valence-corrected chi connectivity index (χ4v) is 4.80. The van der Waals surface area contributed by atoms with Crippen LogP contribution >= 0.6 is 0 Å². The van der Waals surface area contributed by atoms with Crippen molar-refractivity contribution >= 4 is 15.9 Å². The highest BCUT2D eigenvalue weighted by molar-refractivity contribution is 7.88. The van der Waals surface area contributed by atoms with Gasteiger partial charge >= 0.3 is 0 Å². The van der Waals surface area contributed by atoms with Gasteiger partial charge in [0.15, 0.2) is 0 Å². The Labute approximate surface area is 156 Å². The molecular formula is C19H29N3O3S. The monoisotopic (exact) mass is 379 g/mol. The van der Waals surface area contributed by atoms with E-state index in [0.29, 0.717) is 32.7 Å². The molecule has 0 spiro atoms. The van der Waals surface area contributed by atoms with E-state index >= 15 is 0 Å². The highest BCUT2D eigenvalue weighted by Gasteiger charge is 2.38. The minimum Gasteiger partial charge on any atom is -0.354 e. The van der Waals surface area contributed by atoms with Gasteiger partial charge in [-0.25, -0.2) is 12.7 Å². The van der Waals surface area contributed by atoms with Crippen molar-refractivity contribution < 1.29 is 13.2 Å². The number of nitrogens with one attached hydrogen (secondary N) is 1. The lowest BCUT2D eigenvalue weighted by Crippen LogP contribution is -2.48. The van der Waals surface area contributed by atoms with Crippen LogP contribution in [0.5, 0.6) is 0 Å². The Morgan fingerprint density at radius 3 is 2.42 bits per heavy atom. The number of nitrogens with zero attached hydrogens (tertiary/aromatic N) is 2. The summed E-state index contributed by atoms with van der Waals surface area (Å²) in [5.41, 5.74) is 1.40. The fraction of sp³-hybridized carbons (Fsp3) is 0.632. The summed E-state index contributed by atoms with van der Waals surface area (Å²) < 4.78 is 24.9. The van der Waals surface area contributed by atoms with Crippen molar-refractivity contribution in [1.29, 1.82) is 0 Å². The summed E-state index contributed by atoms with van der Waals surface area (Å²) in [6, 6.07) is 10.4. The van der Waals surface area contributed by atoms with Crippen molar-refractivity contribution in [3.05, 3.63) is 35.9 Å². The van der Waals surface area contributed by atoms with E-state index in [9.17, 15) is 13.2 Å². The van der Waals surface area contributed by atoms with Crippen LogP contribution in [0.4, 0.5) is 0 Å². The summed E-state index contributed by atoms with van der Waals surface area (Å²) in [6.45, 7) is 3.36. The number of hydrogen-bond donors (Lipinski definition) is 1. The second-order valence-corrected chi connectivity index (χ2v) is 9.55. The van der Waals surface area contributed by atoms with E-state index in [0.717, 1.165) is 25.8 Å². The zero-order chi connectivity index (χ0) is 18.6. The molecule has 2 fully saturated rings. The standard InChI is InChI=1S/C19H29N3O3S/c1-26(24,25)22-12-6-11-21(13-14-22)15-18(23)20-16-19(9-5-10-19)17-7-3-2-4-8-17/h2-4,7-8H,5-6,9-16H2,1H3,(H,20,23). The molecule has 0 radical (unpaired) electrons. The van der Waals surface area contributed by atoms with E-state index < -0.39 is 10.0 Å². The molecule has 1 aliphatic carbocycles. The van der Waals surface area contributed by atoms with Crippen LogP contribution in [0.3, 0.4) is 0 Å². The lowest BCUT2D eigenvalue weighted by atomic mass is 9.64. The maximum atomic E-state index is 12.4. The minimum atomic E-state index is -3.15. The average Bonchev–Trinajstić information content (AvgIpc) is 2.80. The van der Waals surface area contributed by atoms with Gasteiger partial charge in [0.2, 0.25) is 15.9 Å². The predicted octanol–water partition coefficient (Wildman–Crippen LogP) is 1.19. The minimum absolute atomic E-state index is 0.0278. The molecule has 0 aromatic heterocycles. The van der Waals surface area contributed by atoms with Gasteiger partial charge in [-0.1, -0.05) is 36.8 Å². The summed E-state index contributed by atoms with van der Waals surface area (Å²) in [4.78, 5) is 14.5. The molecule has 26 heavy (non-hydrogen) atoms. The number of hydrogen-bond acceptors (Lipinski definition) is 4. The molecule has 6 nitrogen and oxygen atoms in total. The summed E-state index contributed by atoms with van der Waals surface area (Å²) in [5, 5.41) is 3.12. The Morgan fingerprint density at radius 2 is 1.81 bits per heavy atom.